The minimum Gasteiger partial charge on any atom is -0.504 e. The van der Waals surface area contributed by atoms with Crippen molar-refractivity contribution in [3.8, 4) is 11.5 Å². The maximum Gasteiger partial charge on any atom is 0.269 e. The monoisotopic (exact) mass is 389 g/mol. The quantitative estimate of drug-likeness (QED) is 0.490. The fourth-order valence-electron chi connectivity index (χ4n) is 2.29. The van der Waals surface area contributed by atoms with Gasteiger partial charge in [0.1, 0.15) is 16.5 Å². The van der Waals surface area contributed by atoms with Crippen LogP contribution in [0.3, 0.4) is 0 Å². The highest BCUT2D eigenvalue weighted by molar-refractivity contribution is 7.12. The number of phenolic OH excluding ortho intramolecular Hbond substituents is 1. The number of halogens is 1. The maximum atomic E-state index is 12.5. The highest BCUT2D eigenvalue weighted by Crippen LogP contribution is 2.30. The molecule has 0 saturated heterocycles. The molecule has 3 aromatic rings. The second-order valence-electron chi connectivity index (χ2n) is 5.36. The first kappa shape index (κ1) is 18.4. The van der Waals surface area contributed by atoms with Crippen LogP contribution in [0, 0.1) is 0 Å². The van der Waals surface area contributed by atoms with E-state index in [1.165, 1.54) is 29.5 Å². The lowest BCUT2D eigenvalue weighted by Crippen LogP contribution is -2.13. The zero-order valence-electron chi connectivity index (χ0n) is 14.0. The molecule has 0 fully saturated rings. The number of nitrogens with one attached hydrogen (secondary N) is 2. The third kappa shape index (κ3) is 4.61. The molecule has 3 rings (SSSR count). The molecular formula is C17H16FN5O3S. The summed E-state index contributed by atoms with van der Waals surface area (Å²) in [5.74, 6) is 0.156. The topological polar surface area (TPSA) is 122 Å². The summed E-state index contributed by atoms with van der Waals surface area (Å²) in [5.41, 5.74) is 8.43. The van der Waals surface area contributed by atoms with Crippen LogP contribution in [0.2, 0.25) is 0 Å². The van der Waals surface area contributed by atoms with E-state index in [1.54, 1.807) is 23.8 Å². The second kappa shape index (κ2) is 8.32. The Labute approximate surface area is 157 Å². The van der Waals surface area contributed by atoms with E-state index in [1.807, 2.05) is 0 Å². The van der Waals surface area contributed by atoms with E-state index in [4.69, 9.17) is 5.73 Å². The van der Waals surface area contributed by atoms with Crippen LogP contribution in [-0.2, 0) is 6.54 Å². The Bertz CT molecular complexity index is 950. The fraction of sp³-hybridized carbons (Fsp3) is 0.118. The number of carbonyl (C=O) groups is 1. The first-order valence-corrected chi connectivity index (χ1v) is 8.65. The number of nitrogens with zero attached hydrogens (tertiary/aromatic N) is 2. The van der Waals surface area contributed by atoms with Crippen LogP contribution >= 0.6 is 11.3 Å². The van der Waals surface area contributed by atoms with E-state index in [2.05, 4.69) is 25.3 Å². The van der Waals surface area contributed by atoms with Gasteiger partial charge in [-0.15, -0.1) is 11.3 Å². The minimum atomic E-state index is -1.06. The van der Waals surface area contributed by atoms with Crippen molar-refractivity contribution in [1.82, 2.24) is 9.97 Å². The molecule has 2 heterocycles. The molecule has 0 aliphatic heterocycles. The Morgan fingerprint density at radius 1 is 1.30 bits per heavy atom. The number of hydrogen-bond acceptors (Lipinski definition) is 8. The number of anilines is 3. The smallest absolute Gasteiger partial charge is 0.269 e. The van der Waals surface area contributed by atoms with Gasteiger partial charge in [-0.2, -0.15) is 0 Å². The molecule has 1 aromatic carbocycles. The molecule has 0 aliphatic carbocycles. The van der Waals surface area contributed by atoms with E-state index < -0.39 is 12.8 Å². The van der Waals surface area contributed by atoms with Gasteiger partial charge >= 0.3 is 0 Å². The van der Waals surface area contributed by atoms with Crippen LogP contribution in [0.15, 0.2) is 42.0 Å². The molecule has 0 spiro atoms. The Balaban J connectivity index is 1.67. The normalized spacial score (nSPS) is 10.4. The lowest BCUT2D eigenvalue weighted by Gasteiger charge is -2.09. The zero-order chi connectivity index (χ0) is 19.2. The van der Waals surface area contributed by atoms with Gasteiger partial charge in [-0.1, -0.05) is 0 Å². The number of rotatable bonds is 7. The molecule has 5 N–H and O–H groups in total. The maximum absolute atomic E-state index is 12.5. The molecular weight excluding hydrogens is 373 g/mol. The van der Waals surface area contributed by atoms with Gasteiger partial charge in [-0.05, 0) is 29.8 Å². The SMILES string of the molecule is Nc1cc(CNc2ncsc2C(=O)Nc2ccc(OCF)c(O)c2)ccn1. The highest BCUT2D eigenvalue weighted by atomic mass is 32.1. The molecule has 140 valence electrons. The lowest BCUT2D eigenvalue weighted by atomic mass is 10.2. The Morgan fingerprint density at radius 3 is 2.89 bits per heavy atom. The summed E-state index contributed by atoms with van der Waals surface area (Å²) < 4.78 is 16.8. The molecule has 0 radical (unpaired) electrons. The zero-order valence-corrected chi connectivity index (χ0v) is 14.8. The number of aromatic hydroxyl groups is 1. The molecule has 0 unspecified atom stereocenters. The van der Waals surface area contributed by atoms with Crippen molar-refractivity contribution in [2.24, 2.45) is 0 Å². The van der Waals surface area contributed by atoms with Gasteiger partial charge in [0, 0.05) is 24.5 Å². The summed E-state index contributed by atoms with van der Waals surface area (Å²) in [6, 6.07) is 7.67. The van der Waals surface area contributed by atoms with Crippen LogP contribution in [0.1, 0.15) is 15.2 Å². The van der Waals surface area contributed by atoms with Crippen LogP contribution in [0.4, 0.5) is 21.7 Å². The standard InChI is InChI=1S/C17H16FN5O3S/c18-8-26-13-2-1-11(6-12(13)24)23-17(25)15-16(22-9-27-15)21-7-10-3-4-20-14(19)5-10/h1-6,9,21,24H,7-8H2,(H2,19,20)(H,23,25). The van der Waals surface area contributed by atoms with Crippen LogP contribution in [0.25, 0.3) is 0 Å². The Hall–Kier alpha value is -3.40. The number of thiazole rings is 1. The summed E-state index contributed by atoms with van der Waals surface area (Å²) in [6.07, 6.45) is 1.60. The Kier molecular flexibility index (Phi) is 5.67. The number of ether oxygens (including phenoxy) is 1. The summed E-state index contributed by atoms with van der Waals surface area (Å²) in [5, 5.41) is 15.5. The van der Waals surface area contributed by atoms with Crippen LogP contribution < -0.4 is 21.1 Å². The third-order valence-electron chi connectivity index (χ3n) is 3.51. The van der Waals surface area contributed by atoms with Gasteiger partial charge in [0.05, 0.1) is 5.51 Å². The van der Waals surface area contributed by atoms with Gasteiger partial charge in [-0.25, -0.2) is 14.4 Å². The highest BCUT2D eigenvalue weighted by Gasteiger charge is 2.16. The minimum absolute atomic E-state index is 0.00716. The van der Waals surface area contributed by atoms with Crippen molar-refractivity contribution in [1.29, 1.82) is 0 Å². The van der Waals surface area contributed by atoms with Gasteiger partial charge in [0.2, 0.25) is 6.86 Å². The van der Waals surface area contributed by atoms with E-state index >= 15 is 0 Å². The molecule has 0 bridgehead atoms. The number of phenols is 1. The molecule has 27 heavy (non-hydrogen) atoms. The largest absolute Gasteiger partial charge is 0.504 e. The number of hydrogen-bond donors (Lipinski definition) is 4. The van der Waals surface area contributed by atoms with Crippen molar-refractivity contribution in [2.45, 2.75) is 6.54 Å². The number of amides is 1. The summed E-state index contributed by atoms with van der Waals surface area (Å²) >= 11 is 1.17. The number of aromatic nitrogens is 2. The number of carbonyl (C=O) groups excluding carboxylic acids is 1. The average molecular weight is 389 g/mol. The van der Waals surface area contributed by atoms with Gasteiger partial charge < -0.3 is 26.2 Å². The molecule has 2 aromatic heterocycles. The van der Waals surface area contributed by atoms with Gasteiger partial charge in [-0.3, -0.25) is 4.79 Å². The average Bonchev–Trinajstić information content (AvgIpc) is 3.11. The number of nitrogens with two attached hydrogens (primary N) is 1. The number of alkyl halides is 1. The molecule has 8 nitrogen and oxygen atoms in total. The fourth-order valence-corrected chi connectivity index (χ4v) is 2.95. The second-order valence-corrected chi connectivity index (χ2v) is 6.22. The van der Waals surface area contributed by atoms with Crippen molar-refractivity contribution < 1.29 is 19.0 Å². The molecule has 1 amide bonds. The lowest BCUT2D eigenvalue weighted by molar-refractivity contribution is 0.103. The van der Waals surface area contributed by atoms with E-state index in [0.717, 1.165) is 5.56 Å². The number of pyridine rings is 1. The number of nitrogen functional groups attached to an aromatic ring is 1. The van der Waals surface area contributed by atoms with Crippen LogP contribution in [0.5, 0.6) is 11.5 Å². The molecule has 0 saturated carbocycles. The van der Waals surface area contributed by atoms with E-state index in [9.17, 15) is 14.3 Å². The summed E-state index contributed by atoms with van der Waals surface area (Å²) in [4.78, 5) is 21.0. The molecule has 0 atom stereocenters. The van der Waals surface area contributed by atoms with Crippen molar-refractivity contribution in [2.75, 3.05) is 23.2 Å². The molecule has 10 heteroatoms. The third-order valence-corrected chi connectivity index (χ3v) is 4.33. The predicted molar refractivity (Wildman–Crippen MR) is 101 cm³/mol. The van der Waals surface area contributed by atoms with Crippen molar-refractivity contribution in [3.63, 3.8) is 0 Å². The summed E-state index contributed by atoms with van der Waals surface area (Å²) in [7, 11) is 0. The predicted octanol–water partition coefficient (Wildman–Crippen LogP) is 3.00. The van der Waals surface area contributed by atoms with E-state index in [-0.39, 0.29) is 11.5 Å². The first-order valence-electron chi connectivity index (χ1n) is 7.77. The van der Waals surface area contributed by atoms with Gasteiger partial charge in [0.15, 0.2) is 11.5 Å². The Morgan fingerprint density at radius 2 is 2.15 bits per heavy atom. The van der Waals surface area contributed by atoms with Crippen molar-refractivity contribution in [3.05, 3.63) is 52.5 Å². The first-order chi connectivity index (χ1) is 13.1. The summed E-state index contributed by atoms with van der Waals surface area (Å²) in [6.45, 7) is -0.634. The van der Waals surface area contributed by atoms with Gasteiger partial charge in [0.25, 0.3) is 5.91 Å². The van der Waals surface area contributed by atoms with Crippen molar-refractivity contribution >= 4 is 34.6 Å². The van der Waals surface area contributed by atoms with E-state index in [0.29, 0.717) is 28.7 Å². The molecule has 0 aliphatic rings. The van der Waals surface area contributed by atoms with Crippen LogP contribution in [-0.4, -0.2) is 27.8 Å². The number of benzene rings is 1.